The van der Waals surface area contributed by atoms with Crippen LogP contribution in [0.4, 0.5) is 26.0 Å². The first-order valence-electron chi connectivity index (χ1n) is 7.83. The molecule has 0 bridgehead atoms. The van der Waals surface area contributed by atoms with E-state index in [-0.39, 0.29) is 18.2 Å². The number of carbonyl (C=O) groups is 1. The van der Waals surface area contributed by atoms with Crippen LogP contribution in [0.25, 0.3) is 0 Å². The topological polar surface area (TPSA) is 85.4 Å². The van der Waals surface area contributed by atoms with E-state index in [2.05, 4.69) is 20.6 Å². The largest absolute Gasteiger partial charge is 0.454 e. The van der Waals surface area contributed by atoms with Crippen molar-refractivity contribution in [3.05, 3.63) is 66.1 Å². The number of nitrogens with one attached hydrogen (secondary N) is 2. The van der Waals surface area contributed by atoms with Gasteiger partial charge in [-0.05, 0) is 24.3 Å². The van der Waals surface area contributed by atoms with Gasteiger partial charge in [0.1, 0.15) is 17.8 Å². The third-order valence-electron chi connectivity index (χ3n) is 3.72. The maximum absolute atomic E-state index is 13.3. The fourth-order valence-corrected chi connectivity index (χ4v) is 2.44. The molecular weight excluding hydrogens is 358 g/mol. The fourth-order valence-electron chi connectivity index (χ4n) is 2.44. The molecule has 9 heteroatoms. The standard InChI is InChI=1S/C18H12F2N4O3/c19-12-3-1-10(5-13(12)20)24-18(25)14-7-17(22-8-21-14)23-11-2-4-15-16(6-11)27-9-26-15/h1-8H,9H2,(H,24,25)(H,21,22,23). The molecule has 2 N–H and O–H groups in total. The van der Waals surface area contributed by atoms with Gasteiger partial charge in [-0.25, -0.2) is 18.7 Å². The molecule has 0 atom stereocenters. The van der Waals surface area contributed by atoms with Gasteiger partial charge in [0.05, 0.1) is 0 Å². The van der Waals surface area contributed by atoms with Gasteiger partial charge in [-0.3, -0.25) is 4.79 Å². The fraction of sp³-hybridized carbons (Fsp3) is 0.0556. The van der Waals surface area contributed by atoms with Crippen LogP contribution in [-0.4, -0.2) is 22.7 Å². The van der Waals surface area contributed by atoms with Crippen LogP contribution in [0.1, 0.15) is 10.5 Å². The zero-order valence-electron chi connectivity index (χ0n) is 13.7. The van der Waals surface area contributed by atoms with Crippen LogP contribution < -0.4 is 20.1 Å². The van der Waals surface area contributed by atoms with Crippen LogP contribution in [0, 0.1) is 11.6 Å². The van der Waals surface area contributed by atoms with Crippen LogP contribution in [0.5, 0.6) is 11.5 Å². The highest BCUT2D eigenvalue weighted by Gasteiger charge is 2.14. The number of aromatic nitrogens is 2. The lowest BCUT2D eigenvalue weighted by Gasteiger charge is -2.08. The molecule has 3 aromatic rings. The number of hydrogen-bond acceptors (Lipinski definition) is 6. The molecule has 0 fully saturated rings. The van der Waals surface area contributed by atoms with Crippen molar-refractivity contribution in [2.45, 2.75) is 0 Å². The van der Waals surface area contributed by atoms with Crippen LogP contribution in [0.3, 0.4) is 0 Å². The summed E-state index contributed by atoms with van der Waals surface area (Å²) >= 11 is 0. The Bertz CT molecular complexity index is 1030. The van der Waals surface area contributed by atoms with Gasteiger partial charge >= 0.3 is 0 Å². The molecule has 2 aromatic carbocycles. The number of amides is 1. The maximum Gasteiger partial charge on any atom is 0.274 e. The molecular formula is C18H12F2N4O3. The van der Waals surface area contributed by atoms with Gasteiger partial charge in [0.15, 0.2) is 23.1 Å². The van der Waals surface area contributed by atoms with Crippen molar-refractivity contribution in [3.63, 3.8) is 0 Å². The number of carbonyl (C=O) groups excluding carboxylic acids is 1. The number of rotatable bonds is 4. The lowest BCUT2D eigenvalue weighted by molar-refractivity contribution is 0.102. The minimum Gasteiger partial charge on any atom is -0.454 e. The van der Waals surface area contributed by atoms with Crippen LogP contribution in [0.15, 0.2) is 48.8 Å². The number of fused-ring (bicyclic) bond motifs is 1. The molecule has 27 heavy (non-hydrogen) atoms. The van der Waals surface area contributed by atoms with Crippen molar-refractivity contribution < 1.29 is 23.0 Å². The van der Waals surface area contributed by atoms with Gasteiger partial charge in [0, 0.05) is 29.6 Å². The number of hydrogen-bond donors (Lipinski definition) is 2. The highest BCUT2D eigenvalue weighted by atomic mass is 19.2. The third kappa shape index (κ3) is 3.61. The Morgan fingerprint density at radius 2 is 1.74 bits per heavy atom. The zero-order valence-corrected chi connectivity index (χ0v) is 13.7. The summed E-state index contributed by atoms with van der Waals surface area (Å²) in [5, 5.41) is 5.48. The predicted octanol–water partition coefficient (Wildman–Crippen LogP) is 3.48. The molecule has 0 saturated carbocycles. The summed E-state index contributed by atoms with van der Waals surface area (Å²) < 4.78 is 36.8. The van der Waals surface area contributed by atoms with E-state index in [1.807, 2.05) is 0 Å². The van der Waals surface area contributed by atoms with Crippen LogP contribution in [-0.2, 0) is 0 Å². The van der Waals surface area contributed by atoms with Crippen LogP contribution in [0.2, 0.25) is 0 Å². The van der Waals surface area contributed by atoms with Crippen molar-refractivity contribution in [3.8, 4) is 11.5 Å². The molecule has 2 heterocycles. The van der Waals surface area contributed by atoms with Gasteiger partial charge < -0.3 is 20.1 Å². The van der Waals surface area contributed by atoms with E-state index >= 15 is 0 Å². The molecule has 136 valence electrons. The first-order valence-corrected chi connectivity index (χ1v) is 7.83. The quantitative estimate of drug-likeness (QED) is 0.731. The number of anilines is 3. The van der Waals surface area contributed by atoms with E-state index in [1.54, 1.807) is 18.2 Å². The second-order valence-electron chi connectivity index (χ2n) is 5.56. The minimum atomic E-state index is -1.05. The lowest BCUT2D eigenvalue weighted by Crippen LogP contribution is -2.14. The summed E-state index contributed by atoms with van der Waals surface area (Å²) in [7, 11) is 0. The van der Waals surface area contributed by atoms with Crippen molar-refractivity contribution in [2.24, 2.45) is 0 Å². The molecule has 0 unspecified atom stereocenters. The van der Waals surface area contributed by atoms with Gasteiger partial charge in [-0.1, -0.05) is 0 Å². The molecule has 4 rings (SSSR count). The van der Waals surface area contributed by atoms with Gasteiger partial charge in [-0.2, -0.15) is 0 Å². The second kappa shape index (κ2) is 6.87. The van der Waals surface area contributed by atoms with E-state index in [1.165, 1.54) is 18.5 Å². The summed E-state index contributed by atoms with van der Waals surface area (Å²) in [4.78, 5) is 20.2. The van der Waals surface area contributed by atoms with Crippen molar-refractivity contribution in [1.29, 1.82) is 0 Å². The van der Waals surface area contributed by atoms with E-state index in [9.17, 15) is 13.6 Å². The molecule has 0 spiro atoms. The number of ether oxygens (including phenoxy) is 2. The van der Waals surface area contributed by atoms with Crippen molar-refractivity contribution in [1.82, 2.24) is 9.97 Å². The monoisotopic (exact) mass is 370 g/mol. The summed E-state index contributed by atoms with van der Waals surface area (Å²) in [5.74, 6) is -1.01. The van der Waals surface area contributed by atoms with Crippen molar-refractivity contribution >= 4 is 23.1 Å². The Labute approximate surface area is 152 Å². The van der Waals surface area contributed by atoms with E-state index < -0.39 is 17.5 Å². The van der Waals surface area contributed by atoms with Gasteiger partial charge in [0.25, 0.3) is 5.91 Å². The predicted molar refractivity (Wildman–Crippen MR) is 92.2 cm³/mol. The normalized spacial score (nSPS) is 11.9. The van der Waals surface area contributed by atoms with Gasteiger partial charge in [0.2, 0.25) is 6.79 Å². The zero-order chi connectivity index (χ0) is 18.8. The molecule has 1 aliphatic heterocycles. The molecule has 1 amide bonds. The van der Waals surface area contributed by atoms with Crippen molar-refractivity contribution in [2.75, 3.05) is 17.4 Å². The first-order chi connectivity index (χ1) is 13.1. The summed E-state index contributed by atoms with van der Waals surface area (Å²) in [6.07, 6.45) is 1.22. The molecule has 0 aliphatic carbocycles. The number of benzene rings is 2. The van der Waals surface area contributed by atoms with Gasteiger partial charge in [-0.15, -0.1) is 0 Å². The number of nitrogens with zero attached hydrogens (tertiary/aromatic N) is 2. The Morgan fingerprint density at radius 1 is 0.926 bits per heavy atom. The summed E-state index contributed by atoms with van der Waals surface area (Å²) in [5.41, 5.74) is 0.852. The average molecular weight is 370 g/mol. The Hall–Kier alpha value is -3.75. The lowest BCUT2D eigenvalue weighted by atomic mass is 10.2. The molecule has 0 saturated heterocycles. The summed E-state index contributed by atoms with van der Waals surface area (Å²) in [6, 6.07) is 9.77. The minimum absolute atomic E-state index is 0.0537. The van der Waals surface area contributed by atoms with Crippen LogP contribution >= 0.6 is 0 Å². The first kappa shape index (κ1) is 16.7. The Kier molecular flexibility index (Phi) is 4.25. The third-order valence-corrected chi connectivity index (χ3v) is 3.72. The smallest absolute Gasteiger partial charge is 0.274 e. The highest BCUT2D eigenvalue weighted by Crippen LogP contribution is 2.34. The van der Waals surface area contributed by atoms with E-state index in [4.69, 9.17) is 9.47 Å². The second-order valence-corrected chi connectivity index (χ2v) is 5.56. The molecule has 1 aliphatic rings. The SMILES string of the molecule is O=C(Nc1ccc(F)c(F)c1)c1cc(Nc2ccc3c(c2)OCO3)ncn1. The maximum atomic E-state index is 13.3. The number of halogens is 2. The highest BCUT2D eigenvalue weighted by molar-refractivity contribution is 6.03. The Morgan fingerprint density at radius 3 is 2.59 bits per heavy atom. The Balaban J connectivity index is 1.49. The summed E-state index contributed by atoms with van der Waals surface area (Å²) in [6.45, 7) is 0.167. The molecule has 7 nitrogen and oxygen atoms in total. The average Bonchev–Trinajstić information content (AvgIpc) is 3.13. The molecule has 0 radical (unpaired) electrons. The van der Waals surface area contributed by atoms with E-state index in [0.29, 0.717) is 23.0 Å². The van der Waals surface area contributed by atoms with E-state index in [0.717, 1.165) is 12.1 Å². The molecule has 1 aromatic heterocycles.